The largest absolute Gasteiger partial charge is 0.497 e. The molecule has 0 heterocycles. The number of methoxy groups -OCH3 is 1. The molecule has 0 unspecified atom stereocenters. The van der Waals surface area contributed by atoms with Gasteiger partial charge in [0.2, 0.25) is 0 Å². The van der Waals surface area contributed by atoms with Crippen molar-refractivity contribution in [3.05, 3.63) is 59.4 Å². The van der Waals surface area contributed by atoms with Crippen molar-refractivity contribution in [2.24, 2.45) is 0 Å². The molecule has 0 aliphatic carbocycles. The van der Waals surface area contributed by atoms with Gasteiger partial charge in [-0.3, -0.25) is 9.59 Å². The Hall–Kier alpha value is -2.89. The van der Waals surface area contributed by atoms with Crippen LogP contribution in [0.4, 0.5) is 10.1 Å². The first-order chi connectivity index (χ1) is 11.4. The lowest BCUT2D eigenvalue weighted by atomic mass is 10.1. The Bertz CT molecular complexity index is 760. The van der Waals surface area contributed by atoms with E-state index in [9.17, 15) is 14.0 Å². The highest BCUT2D eigenvalue weighted by molar-refractivity contribution is 6.09. The van der Waals surface area contributed by atoms with Crippen LogP contribution in [0, 0.1) is 5.82 Å². The third kappa shape index (κ3) is 4.10. The maximum absolute atomic E-state index is 14.0. The summed E-state index contributed by atoms with van der Waals surface area (Å²) in [4.78, 5) is 24.5. The number of rotatable bonds is 5. The molecule has 2 N–H and O–H groups in total. The second-order valence-corrected chi connectivity index (χ2v) is 5.47. The number of para-hydroxylation sites is 1. The zero-order valence-corrected chi connectivity index (χ0v) is 13.7. The molecule has 0 fully saturated rings. The maximum atomic E-state index is 14.0. The molecule has 0 aromatic heterocycles. The van der Waals surface area contributed by atoms with Crippen LogP contribution in [0.15, 0.2) is 42.5 Å². The van der Waals surface area contributed by atoms with E-state index in [1.54, 1.807) is 24.3 Å². The van der Waals surface area contributed by atoms with Gasteiger partial charge in [0.15, 0.2) is 0 Å². The van der Waals surface area contributed by atoms with Crippen LogP contribution in [0.5, 0.6) is 5.75 Å². The fraction of sp³-hybridized carbons (Fsp3) is 0.222. The van der Waals surface area contributed by atoms with Crippen LogP contribution >= 0.6 is 0 Å². The third-order valence-corrected chi connectivity index (χ3v) is 3.26. The fourth-order valence-electron chi connectivity index (χ4n) is 2.13. The number of ether oxygens (including phenoxy) is 1. The van der Waals surface area contributed by atoms with Gasteiger partial charge in [-0.15, -0.1) is 0 Å². The average molecular weight is 330 g/mol. The molecule has 2 aromatic carbocycles. The lowest BCUT2D eigenvalue weighted by Crippen LogP contribution is -2.31. The number of anilines is 1. The van der Waals surface area contributed by atoms with Crippen LogP contribution in [-0.4, -0.2) is 25.0 Å². The Labute approximate surface area is 139 Å². The Morgan fingerprint density at radius 2 is 1.75 bits per heavy atom. The number of halogens is 1. The van der Waals surface area contributed by atoms with Gasteiger partial charge in [0, 0.05) is 12.1 Å². The molecule has 126 valence electrons. The minimum Gasteiger partial charge on any atom is -0.497 e. The molecule has 2 amide bonds. The lowest BCUT2D eigenvalue weighted by Gasteiger charge is -2.13. The first-order valence-electron chi connectivity index (χ1n) is 7.47. The minimum absolute atomic E-state index is 0.0414. The van der Waals surface area contributed by atoms with E-state index >= 15 is 0 Å². The predicted molar refractivity (Wildman–Crippen MR) is 89.9 cm³/mol. The number of benzene rings is 2. The quantitative estimate of drug-likeness (QED) is 0.884. The molecule has 2 rings (SSSR count). The van der Waals surface area contributed by atoms with E-state index in [0.29, 0.717) is 17.0 Å². The highest BCUT2D eigenvalue weighted by Gasteiger charge is 2.17. The molecular weight excluding hydrogens is 311 g/mol. The first kappa shape index (κ1) is 17.5. The molecule has 0 aliphatic rings. The first-order valence-corrected chi connectivity index (χ1v) is 7.47. The number of amides is 2. The molecule has 2 aromatic rings. The summed E-state index contributed by atoms with van der Waals surface area (Å²) < 4.78 is 18.9. The van der Waals surface area contributed by atoms with Crippen LogP contribution in [0.3, 0.4) is 0 Å². The summed E-state index contributed by atoms with van der Waals surface area (Å²) in [6.45, 7) is 3.68. The van der Waals surface area contributed by atoms with Crippen molar-refractivity contribution in [1.29, 1.82) is 0 Å². The topological polar surface area (TPSA) is 67.4 Å². The monoisotopic (exact) mass is 330 g/mol. The Morgan fingerprint density at radius 1 is 1.04 bits per heavy atom. The summed E-state index contributed by atoms with van der Waals surface area (Å²) in [7, 11) is 1.41. The smallest absolute Gasteiger partial charge is 0.258 e. The van der Waals surface area contributed by atoms with E-state index < -0.39 is 11.7 Å². The van der Waals surface area contributed by atoms with Crippen molar-refractivity contribution in [1.82, 2.24) is 5.32 Å². The van der Waals surface area contributed by atoms with Crippen LogP contribution in [0.25, 0.3) is 0 Å². The Balaban J connectivity index is 2.25. The Kier molecular flexibility index (Phi) is 5.52. The van der Waals surface area contributed by atoms with E-state index in [1.807, 2.05) is 13.8 Å². The van der Waals surface area contributed by atoms with E-state index in [1.165, 1.54) is 19.2 Å². The van der Waals surface area contributed by atoms with Crippen LogP contribution < -0.4 is 15.4 Å². The number of hydrogen-bond donors (Lipinski definition) is 2. The maximum Gasteiger partial charge on any atom is 0.258 e. The Morgan fingerprint density at radius 3 is 2.38 bits per heavy atom. The SMILES string of the molecule is COc1ccc(C(=O)Nc2ccccc2C(=O)NC(C)C)c(F)c1. The van der Waals surface area contributed by atoms with E-state index in [0.717, 1.165) is 6.07 Å². The average Bonchev–Trinajstić information content (AvgIpc) is 2.54. The summed E-state index contributed by atoms with van der Waals surface area (Å²) in [5.41, 5.74) is 0.499. The third-order valence-electron chi connectivity index (χ3n) is 3.26. The number of carbonyl (C=O) groups is 2. The summed E-state index contributed by atoms with van der Waals surface area (Å²) in [5, 5.41) is 5.34. The molecule has 24 heavy (non-hydrogen) atoms. The molecule has 6 heteroatoms. The standard InChI is InChI=1S/C18H19FN2O3/c1-11(2)20-18(23)14-6-4-5-7-16(14)21-17(22)13-9-8-12(24-3)10-15(13)19/h4-11H,1-3H3,(H,20,23)(H,21,22). The molecule has 0 spiro atoms. The van der Waals surface area contributed by atoms with Gasteiger partial charge in [0.05, 0.1) is 23.9 Å². The summed E-state index contributed by atoms with van der Waals surface area (Å²) in [5.74, 6) is -1.33. The normalized spacial score (nSPS) is 10.4. The van der Waals surface area contributed by atoms with Crippen LogP contribution in [0.2, 0.25) is 0 Å². The second-order valence-electron chi connectivity index (χ2n) is 5.47. The van der Waals surface area contributed by atoms with Gasteiger partial charge in [0.25, 0.3) is 11.8 Å². The summed E-state index contributed by atoms with van der Waals surface area (Å²) in [6.07, 6.45) is 0. The molecular formula is C18H19FN2O3. The molecule has 0 atom stereocenters. The van der Waals surface area contributed by atoms with Crippen LogP contribution in [0.1, 0.15) is 34.6 Å². The lowest BCUT2D eigenvalue weighted by molar-refractivity contribution is 0.0944. The van der Waals surface area contributed by atoms with Crippen LogP contribution in [-0.2, 0) is 0 Å². The predicted octanol–water partition coefficient (Wildman–Crippen LogP) is 3.22. The number of carbonyl (C=O) groups excluding carboxylic acids is 2. The minimum atomic E-state index is -0.698. The molecule has 0 bridgehead atoms. The van der Waals surface area contributed by atoms with E-state index in [-0.39, 0.29) is 17.5 Å². The van der Waals surface area contributed by atoms with Crippen molar-refractivity contribution < 1.29 is 18.7 Å². The summed E-state index contributed by atoms with van der Waals surface area (Å²) >= 11 is 0. The van der Waals surface area contributed by atoms with Gasteiger partial charge in [0.1, 0.15) is 11.6 Å². The van der Waals surface area contributed by atoms with E-state index in [2.05, 4.69) is 10.6 Å². The fourth-order valence-corrected chi connectivity index (χ4v) is 2.13. The van der Waals surface area contributed by atoms with Gasteiger partial charge in [-0.25, -0.2) is 4.39 Å². The van der Waals surface area contributed by atoms with Crippen molar-refractivity contribution in [2.75, 3.05) is 12.4 Å². The van der Waals surface area contributed by atoms with Gasteiger partial charge in [-0.2, -0.15) is 0 Å². The number of hydrogen-bond acceptors (Lipinski definition) is 3. The van der Waals surface area contributed by atoms with Crippen molar-refractivity contribution >= 4 is 17.5 Å². The van der Waals surface area contributed by atoms with Gasteiger partial charge in [-0.05, 0) is 38.1 Å². The summed E-state index contributed by atoms with van der Waals surface area (Å²) in [6, 6.07) is 10.5. The zero-order chi connectivity index (χ0) is 17.7. The van der Waals surface area contributed by atoms with Crippen molar-refractivity contribution in [3.8, 4) is 5.75 Å². The van der Waals surface area contributed by atoms with E-state index in [4.69, 9.17) is 4.74 Å². The van der Waals surface area contributed by atoms with Crippen molar-refractivity contribution in [2.45, 2.75) is 19.9 Å². The second kappa shape index (κ2) is 7.59. The van der Waals surface area contributed by atoms with Crippen molar-refractivity contribution in [3.63, 3.8) is 0 Å². The van der Waals surface area contributed by atoms with Gasteiger partial charge in [-0.1, -0.05) is 12.1 Å². The zero-order valence-electron chi connectivity index (χ0n) is 13.7. The highest BCUT2D eigenvalue weighted by atomic mass is 19.1. The molecule has 0 radical (unpaired) electrons. The highest BCUT2D eigenvalue weighted by Crippen LogP contribution is 2.20. The molecule has 0 saturated heterocycles. The van der Waals surface area contributed by atoms with Gasteiger partial charge < -0.3 is 15.4 Å². The number of nitrogens with one attached hydrogen (secondary N) is 2. The molecule has 0 saturated carbocycles. The molecule has 5 nitrogen and oxygen atoms in total. The van der Waals surface area contributed by atoms with Gasteiger partial charge >= 0.3 is 0 Å². The molecule has 0 aliphatic heterocycles.